The first-order valence-corrected chi connectivity index (χ1v) is 5.97. The van der Waals surface area contributed by atoms with Gasteiger partial charge in [-0.05, 0) is 25.5 Å². The van der Waals surface area contributed by atoms with Crippen LogP contribution in [-0.4, -0.2) is 46.7 Å². The van der Waals surface area contributed by atoms with Gasteiger partial charge in [0, 0.05) is 24.7 Å². The molecule has 6 nitrogen and oxygen atoms in total. The highest BCUT2D eigenvalue weighted by molar-refractivity contribution is 6.01. The van der Waals surface area contributed by atoms with Crippen LogP contribution in [0.5, 0.6) is 0 Å². The number of carbonyl (C=O) groups is 1. The van der Waals surface area contributed by atoms with Crippen molar-refractivity contribution in [3.05, 3.63) is 35.4 Å². The fourth-order valence-corrected chi connectivity index (χ4v) is 1.57. The van der Waals surface area contributed by atoms with Crippen molar-refractivity contribution < 1.29 is 15.1 Å². The van der Waals surface area contributed by atoms with Crippen LogP contribution in [0.1, 0.15) is 29.3 Å². The third kappa shape index (κ3) is 4.26. The van der Waals surface area contributed by atoms with Crippen LogP contribution in [0, 0.1) is 0 Å². The van der Waals surface area contributed by atoms with Crippen molar-refractivity contribution in [2.75, 3.05) is 13.6 Å². The topological polar surface area (TPSA) is 99.2 Å². The Labute approximate surface area is 112 Å². The van der Waals surface area contributed by atoms with Crippen LogP contribution in [0.2, 0.25) is 0 Å². The minimum Gasteiger partial charge on any atom is -0.409 e. The third-order valence-corrected chi connectivity index (χ3v) is 2.74. The summed E-state index contributed by atoms with van der Waals surface area (Å²) >= 11 is 0. The Hall–Kier alpha value is -2.08. The Morgan fingerprint density at radius 2 is 2.11 bits per heavy atom. The van der Waals surface area contributed by atoms with Crippen LogP contribution < -0.4 is 5.73 Å². The van der Waals surface area contributed by atoms with Gasteiger partial charge in [-0.2, -0.15) is 0 Å². The molecule has 0 aliphatic heterocycles. The third-order valence-electron chi connectivity index (χ3n) is 2.74. The molecule has 0 fully saturated rings. The molecule has 1 aromatic carbocycles. The molecule has 1 unspecified atom stereocenters. The molecule has 0 bridgehead atoms. The van der Waals surface area contributed by atoms with Crippen molar-refractivity contribution in [1.29, 1.82) is 0 Å². The van der Waals surface area contributed by atoms with E-state index >= 15 is 0 Å². The molecule has 1 aromatic rings. The van der Waals surface area contributed by atoms with Gasteiger partial charge in [0.1, 0.15) is 0 Å². The van der Waals surface area contributed by atoms with Crippen LogP contribution in [0.15, 0.2) is 29.4 Å². The Balaban J connectivity index is 2.82. The van der Waals surface area contributed by atoms with Crippen LogP contribution in [0.3, 0.4) is 0 Å². The van der Waals surface area contributed by atoms with E-state index in [2.05, 4.69) is 5.16 Å². The highest BCUT2D eigenvalue weighted by Gasteiger charge is 2.13. The van der Waals surface area contributed by atoms with Crippen molar-refractivity contribution >= 4 is 11.7 Å². The lowest BCUT2D eigenvalue weighted by atomic mass is 10.1. The minimum atomic E-state index is -0.446. The summed E-state index contributed by atoms with van der Waals surface area (Å²) in [6.07, 6.45) is 0.0704. The standard InChI is InChI=1S/C13H19N3O3/c1-9(17)6-7-16(2)13(18)11-5-3-4-10(8-11)12(14)15-19/h3-5,8-9,17,19H,6-7H2,1-2H3,(H2,14,15). The molecular formula is C13H19N3O3. The first-order valence-electron chi connectivity index (χ1n) is 5.97. The number of amides is 1. The molecule has 6 heteroatoms. The second kappa shape index (κ2) is 6.75. The molecule has 0 saturated carbocycles. The predicted molar refractivity (Wildman–Crippen MR) is 72.2 cm³/mol. The predicted octanol–water partition coefficient (Wildman–Crippen LogP) is 0.624. The van der Waals surface area contributed by atoms with Crippen molar-refractivity contribution in [2.24, 2.45) is 10.9 Å². The highest BCUT2D eigenvalue weighted by Crippen LogP contribution is 2.08. The van der Waals surface area contributed by atoms with Gasteiger partial charge in [-0.15, -0.1) is 0 Å². The molecule has 4 N–H and O–H groups in total. The molecular weight excluding hydrogens is 246 g/mol. The first-order chi connectivity index (χ1) is 8.95. The first kappa shape index (κ1) is 15.0. The summed E-state index contributed by atoms with van der Waals surface area (Å²) in [6.45, 7) is 2.14. The fourth-order valence-electron chi connectivity index (χ4n) is 1.57. The number of aliphatic hydroxyl groups excluding tert-OH is 1. The van der Waals surface area contributed by atoms with Crippen LogP contribution >= 0.6 is 0 Å². The van der Waals surface area contributed by atoms with E-state index in [1.54, 1.807) is 38.2 Å². The molecule has 0 aromatic heterocycles. The maximum Gasteiger partial charge on any atom is 0.253 e. The van der Waals surface area contributed by atoms with Gasteiger partial charge in [0.2, 0.25) is 0 Å². The van der Waals surface area contributed by atoms with E-state index in [0.717, 1.165) is 0 Å². The van der Waals surface area contributed by atoms with Crippen molar-refractivity contribution in [3.8, 4) is 0 Å². The molecule has 1 amide bonds. The second-order valence-corrected chi connectivity index (χ2v) is 4.43. The Morgan fingerprint density at radius 1 is 1.47 bits per heavy atom. The van der Waals surface area contributed by atoms with E-state index in [4.69, 9.17) is 10.9 Å². The largest absolute Gasteiger partial charge is 0.409 e. The Kier molecular flexibility index (Phi) is 5.32. The molecule has 0 radical (unpaired) electrons. The van der Waals surface area contributed by atoms with E-state index in [9.17, 15) is 9.90 Å². The van der Waals surface area contributed by atoms with E-state index in [-0.39, 0.29) is 11.7 Å². The van der Waals surface area contributed by atoms with Crippen LogP contribution in [0.4, 0.5) is 0 Å². The van der Waals surface area contributed by atoms with Gasteiger partial charge in [0.05, 0.1) is 6.10 Å². The number of benzene rings is 1. The lowest BCUT2D eigenvalue weighted by Crippen LogP contribution is -2.29. The normalized spacial score (nSPS) is 13.1. The smallest absolute Gasteiger partial charge is 0.253 e. The SMILES string of the molecule is CC(O)CCN(C)C(=O)c1cccc(/C(N)=N/O)c1. The monoisotopic (exact) mass is 265 g/mol. The summed E-state index contributed by atoms with van der Waals surface area (Å²) in [5, 5.41) is 20.7. The number of rotatable bonds is 5. The average Bonchev–Trinajstić information content (AvgIpc) is 2.43. The van der Waals surface area contributed by atoms with E-state index in [1.807, 2.05) is 0 Å². The van der Waals surface area contributed by atoms with Gasteiger partial charge >= 0.3 is 0 Å². The number of hydrogen-bond donors (Lipinski definition) is 3. The molecule has 0 spiro atoms. The van der Waals surface area contributed by atoms with E-state index in [0.29, 0.717) is 24.1 Å². The molecule has 0 aliphatic carbocycles. The Bertz CT molecular complexity index is 472. The minimum absolute atomic E-state index is 0.0405. The highest BCUT2D eigenvalue weighted by atomic mass is 16.4. The number of hydrogen-bond acceptors (Lipinski definition) is 4. The van der Waals surface area contributed by atoms with E-state index < -0.39 is 6.10 Å². The number of carbonyl (C=O) groups excluding carboxylic acids is 1. The maximum absolute atomic E-state index is 12.1. The molecule has 0 aliphatic rings. The molecule has 1 atom stereocenters. The Morgan fingerprint density at radius 3 is 2.68 bits per heavy atom. The second-order valence-electron chi connectivity index (χ2n) is 4.43. The fraction of sp³-hybridized carbons (Fsp3) is 0.385. The van der Waals surface area contributed by atoms with Gasteiger partial charge in [-0.25, -0.2) is 0 Å². The zero-order valence-corrected chi connectivity index (χ0v) is 11.1. The summed E-state index contributed by atoms with van der Waals surface area (Å²) in [6, 6.07) is 6.55. The summed E-state index contributed by atoms with van der Waals surface area (Å²) in [7, 11) is 1.67. The van der Waals surface area contributed by atoms with Gasteiger partial charge in [-0.3, -0.25) is 4.79 Å². The molecule has 0 heterocycles. The summed E-state index contributed by atoms with van der Waals surface area (Å²) in [5.41, 5.74) is 6.42. The zero-order valence-electron chi connectivity index (χ0n) is 11.1. The lowest BCUT2D eigenvalue weighted by Gasteiger charge is -2.18. The number of nitrogens with zero attached hydrogens (tertiary/aromatic N) is 2. The molecule has 19 heavy (non-hydrogen) atoms. The number of nitrogens with two attached hydrogens (primary N) is 1. The average molecular weight is 265 g/mol. The maximum atomic E-state index is 12.1. The number of amidine groups is 1. The molecule has 104 valence electrons. The quantitative estimate of drug-likeness (QED) is 0.314. The van der Waals surface area contributed by atoms with Crippen molar-refractivity contribution in [3.63, 3.8) is 0 Å². The lowest BCUT2D eigenvalue weighted by molar-refractivity contribution is 0.0769. The summed E-state index contributed by atoms with van der Waals surface area (Å²) in [4.78, 5) is 13.6. The van der Waals surface area contributed by atoms with Crippen LogP contribution in [-0.2, 0) is 0 Å². The van der Waals surface area contributed by atoms with Crippen LogP contribution in [0.25, 0.3) is 0 Å². The van der Waals surface area contributed by atoms with Gasteiger partial charge < -0.3 is 20.9 Å². The molecule has 0 saturated heterocycles. The summed E-state index contributed by atoms with van der Waals surface area (Å²) in [5.74, 6) is -0.213. The molecule has 1 rings (SSSR count). The number of aliphatic hydroxyl groups is 1. The van der Waals surface area contributed by atoms with E-state index in [1.165, 1.54) is 4.90 Å². The van der Waals surface area contributed by atoms with Gasteiger partial charge in [0.15, 0.2) is 5.84 Å². The van der Waals surface area contributed by atoms with Gasteiger partial charge in [-0.1, -0.05) is 17.3 Å². The number of oxime groups is 1. The van der Waals surface area contributed by atoms with Crippen molar-refractivity contribution in [1.82, 2.24) is 4.90 Å². The van der Waals surface area contributed by atoms with Gasteiger partial charge in [0.25, 0.3) is 5.91 Å². The zero-order chi connectivity index (χ0) is 14.4. The summed E-state index contributed by atoms with van der Waals surface area (Å²) < 4.78 is 0. The van der Waals surface area contributed by atoms with Crippen molar-refractivity contribution in [2.45, 2.75) is 19.4 Å².